The molecule has 5 heavy (non-hydrogen) atoms. The molecule has 0 aromatic heterocycles. The first-order chi connectivity index (χ1) is 1.41. The van der Waals surface area contributed by atoms with Crippen molar-refractivity contribution in [3.8, 4) is 0 Å². The van der Waals surface area contributed by atoms with E-state index >= 15 is 0 Å². The predicted octanol–water partition coefficient (Wildman–Crippen LogP) is -0.623. The van der Waals surface area contributed by atoms with Crippen molar-refractivity contribution in [1.82, 2.24) is 0 Å². The molecule has 36 valence electrons. The standard InChI is InChI=1S/2Ni.O2Si/c;;1-3-2. The van der Waals surface area contributed by atoms with Crippen LogP contribution in [0.5, 0.6) is 0 Å². The monoisotopic (exact) mass is 176 g/mol. The summed E-state index contributed by atoms with van der Waals surface area (Å²) in [6, 6.07) is 0. The van der Waals surface area contributed by atoms with E-state index in [2.05, 4.69) is 0 Å². The Morgan fingerprint density at radius 2 is 1.00 bits per heavy atom. The van der Waals surface area contributed by atoms with Gasteiger partial charge in [-0.15, -0.1) is 0 Å². The molecule has 5 heteroatoms. The maximum Gasteiger partial charge on any atom is 0.549 e. The van der Waals surface area contributed by atoms with Crippen molar-refractivity contribution in [3.05, 3.63) is 0 Å². The van der Waals surface area contributed by atoms with Crippen molar-refractivity contribution >= 4 is 9.29 Å². The second kappa shape index (κ2) is 21.4. The molecule has 0 amide bonds. The molecule has 0 aromatic rings. The molecule has 0 saturated heterocycles. The third kappa shape index (κ3) is 58.4. The number of rotatable bonds is 0. The Kier molecular flexibility index (Phi) is 72.8. The molecular formula is Ni2O2Si. The van der Waals surface area contributed by atoms with Crippen LogP contribution in [-0.2, 0) is 41.9 Å². The van der Waals surface area contributed by atoms with E-state index < -0.39 is 9.29 Å². The Bertz CT molecular complexity index is 28.6. The molecule has 0 aliphatic carbocycles. The SMILES string of the molecule is O=[Si]=O.[Ni].[Ni]. The normalized spacial score (nSPS) is 1.60. The molecule has 0 atom stereocenters. The van der Waals surface area contributed by atoms with Crippen LogP contribution >= 0.6 is 0 Å². The Morgan fingerprint density at radius 3 is 1.00 bits per heavy atom. The summed E-state index contributed by atoms with van der Waals surface area (Å²) in [5, 5.41) is 0. The molecule has 0 aliphatic rings. The van der Waals surface area contributed by atoms with Gasteiger partial charge in [-0.05, 0) is 0 Å². The van der Waals surface area contributed by atoms with Crippen LogP contribution in [-0.4, -0.2) is 9.29 Å². The predicted molar refractivity (Wildman–Crippen MR) is 7.13 cm³/mol. The molecule has 0 fully saturated rings. The van der Waals surface area contributed by atoms with Gasteiger partial charge >= 0.3 is 9.29 Å². The van der Waals surface area contributed by atoms with Gasteiger partial charge < -0.3 is 0 Å². The first-order valence-corrected chi connectivity index (χ1v) is 1.22. The summed E-state index contributed by atoms with van der Waals surface area (Å²) in [5.41, 5.74) is 0. The number of hydrogen-bond donors (Lipinski definition) is 0. The van der Waals surface area contributed by atoms with E-state index in [0.29, 0.717) is 0 Å². The fourth-order valence-electron chi connectivity index (χ4n) is 0. The third-order valence-corrected chi connectivity index (χ3v) is 0. The molecule has 2 nitrogen and oxygen atoms in total. The van der Waals surface area contributed by atoms with Crippen LogP contribution in [0.1, 0.15) is 0 Å². The van der Waals surface area contributed by atoms with Crippen LogP contribution in [0.15, 0.2) is 0 Å². The van der Waals surface area contributed by atoms with Crippen molar-refractivity contribution in [2.45, 2.75) is 0 Å². The van der Waals surface area contributed by atoms with Crippen molar-refractivity contribution < 1.29 is 41.9 Å². The summed E-state index contributed by atoms with van der Waals surface area (Å²) in [6.45, 7) is 0. The Labute approximate surface area is 51.5 Å². The zero-order valence-corrected chi connectivity index (χ0v) is 4.92. The van der Waals surface area contributed by atoms with Gasteiger partial charge in [-0.2, -0.15) is 0 Å². The Hall–Kier alpha value is 0.804. The van der Waals surface area contributed by atoms with Crippen molar-refractivity contribution in [3.63, 3.8) is 0 Å². The van der Waals surface area contributed by atoms with E-state index in [-0.39, 0.29) is 33.0 Å². The summed E-state index contributed by atoms with van der Waals surface area (Å²) in [7, 11) is -1.42. The summed E-state index contributed by atoms with van der Waals surface area (Å²) >= 11 is 0. The van der Waals surface area contributed by atoms with E-state index in [9.17, 15) is 0 Å². The molecular weight excluding hydrogens is 177 g/mol. The van der Waals surface area contributed by atoms with Crippen LogP contribution in [0.2, 0.25) is 0 Å². The van der Waals surface area contributed by atoms with Crippen LogP contribution in [0.4, 0.5) is 0 Å². The first-order valence-electron chi connectivity index (χ1n) is 0.408. The summed E-state index contributed by atoms with van der Waals surface area (Å²) in [6.07, 6.45) is 0. The van der Waals surface area contributed by atoms with Crippen molar-refractivity contribution in [2.75, 3.05) is 0 Å². The van der Waals surface area contributed by atoms with Gasteiger partial charge in [0, 0.05) is 33.0 Å². The van der Waals surface area contributed by atoms with Crippen LogP contribution in [0.3, 0.4) is 0 Å². The van der Waals surface area contributed by atoms with Crippen molar-refractivity contribution in [2.24, 2.45) is 0 Å². The summed E-state index contributed by atoms with van der Waals surface area (Å²) < 4.78 is 16.8. The molecule has 0 bridgehead atoms. The van der Waals surface area contributed by atoms with Crippen molar-refractivity contribution in [1.29, 1.82) is 0 Å². The molecule has 0 radical (unpaired) electrons. The molecule has 0 rings (SSSR count). The molecule has 0 spiro atoms. The average molecular weight is 177 g/mol. The quantitative estimate of drug-likeness (QED) is 0.462. The van der Waals surface area contributed by atoms with E-state index in [1.54, 1.807) is 0 Å². The molecule has 0 N–H and O–H groups in total. The molecule has 0 saturated carbocycles. The average Bonchev–Trinajstić information content (AvgIpc) is 0.918. The van der Waals surface area contributed by atoms with Gasteiger partial charge in [0.25, 0.3) is 0 Å². The summed E-state index contributed by atoms with van der Waals surface area (Å²) in [4.78, 5) is 0. The zero-order valence-electron chi connectivity index (χ0n) is 1.95. The minimum absolute atomic E-state index is 0. The third-order valence-electron chi connectivity index (χ3n) is 0. The maximum atomic E-state index is 8.40. The van der Waals surface area contributed by atoms with Gasteiger partial charge in [0.2, 0.25) is 0 Å². The topological polar surface area (TPSA) is 34.1 Å². The molecule has 0 aliphatic heterocycles. The second-order valence-electron chi connectivity index (χ2n) is 0.0833. The van der Waals surface area contributed by atoms with E-state index in [0.717, 1.165) is 0 Å². The van der Waals surface area contributed by atoms with Crippen LogP contribution in [0.25, 0.3) is 0 Å². The second-order valence-corrected chi connectivity index (χ2v) is 0.250. The molecule has 0 unspecified atom stereocenters. The number of hydrogen-bond acceptors (Lipinski definition) is 2. The zero-order chi connectivity index (χ0) is 2.71. The van der Waals surface area contributed by atoms with E-state index in [1.165, 1.54) is 0 Å². The fourth-order valence-corrected chi connectivity index (χ4v) is 0. The molecule has 0 heterocycles. The van der Waals surface area contributed by atoms with Gasteiger partial charge in [-0.25, -0.2) is 0 Å². The van der Waals surface area contributed by atoms with Gasteiger partial charge in [0.15, 0.2) is 0 Å². The summed E-state index contributed by atoms with van der Waals surface area (Å²) in [5.74, 6) is 0. The van der Waals surface area contributed by atoms with Gasteiger partial charge in [-0.1, -0.05) is 0 Å². The Morgan fingerprint density at radius 1 is 1.00 bits per heavy atom. The van der Waals surface area contributed by atoms with Gasteiger partial charge in [-0.3, -0.25) is 8.92 Å². The van der Waals surface area contributed by atoms with Crippen LogP contribution in [0, 0.1) is 0 Å². The first kappa shape index (κ1) is 17.0. The van der Waals surface area contributed by atoms with Crippen LogP contribution < -0.4 is 0 Å². The van der Waals surface area contributed by atoms with Gasteiger partial charge in [0.05, 0.1) is 0 Å². The molecule has 0 aromatic carbocycles. The largest absolute Gasteiger partial charge is 0.549 e. The minimum Gasteiger partial charge on any atom is -0.274 e. The van der Waals surface area contributed by atoms with E-state index in [1.807, 2.05) is 0 Å². The van der Waals surface area contributed by atoms with E-state index in [4.69, 9.17) is 8.92 Å². The fraction of sp³-hybridized carbons (Fsp3) is 0. The minimum atomic E-state index is -1.42. The maximum absolute atomic E-state index is 8.40. The Balaban J connectivity index is -0.0000000200. The van der Waals surface area contributed by atoms with Gasteiger partial charge in [0.1, 0.15) is 0 Å². The smallest absolute Gasteiger partial charge is 0.274 e.